The Morgan fingerprint density at radius 3 is 2.63 bits per heavy atom. The molecule has 0 aliphatic rings. The third kappa shape index (κ3) is 4.66. The maximum Gasteiger partial charge on any atom is 0.284 e. The quantitative estimate of drug-likeness (QED) is 0.390. The lowest BCUT2D eigenvalue weighted by atomic mass is 10.0. The Bertz CT molecular complexity index is 905. The van der Waals surface area contributed by atoms with E-state index in [0.717, 1.165) is 35.2 Å². The highest BCUT2D eigenvalue weighted by Gasteiger charge is 2.14. The zero-order chi connectivity index (χ0) is 19.2. The first-order valence-corrected chi connectivity index (χ1v) is 9.80. The van der Waals surface area contributed by atoms with E-state index in [1.807, 2.05) is 18.2 Å². The Kier molecular flexibility index (Phi) is 6.45. The van der Waals surface area contributed by atoms with Crippen molar-refractivity contribution in [3.63, 3.8) is 0 Å². The van der Waals surface area contributed by atoms with Crippen LogP contribution in [-0.4, -0.2) is 18.2 Å². The average molecular weight is 385 g/mol. The van der Waals surface area contributed by atoms with Gasteiger partial charge in [-0.15, -0.1) is 11.3 Å². The highest BCUT2D eigenvalue weighted by atomic mass is 32.1. The minimum absolute atomic E-state index is 0.235. The molecule has 0 aliphatic heterocycles. The van der Waals surface area contributed by atoms with E-state index in [-0.39, 0.29) is 6.04 Å². The fourth-order valence-electron chi connectivity index (χ4n) is 3.09. The summed E-state index contributed by atoms with van der Waals surface area (Å²) in [6.07, 6.45) is 2.10. The molecule has 0 saturated heterocycles. The molecule has 1 amide bonds. The van der Waals surface area contributed by atoms with Crippen LogP contribution in [0.4, 0.5) is 0 Å². The Labute approximate surface area is 162 Å². The van der Waals surface area contributed by atoms with E-state index in [9.17, 15) is 4.79 Å². The van der Waals surface area contributed by atoms with Crippen molar-refractivity contribution in [2.24, 2.45) is 0 Å². The van der Waals surface area contributed by atoms with Crippen molar-refractivity contribution in [3.05, 3.63) is 64.5 Å². The van der Waals surface area contributed by atoms with Crippen LogP contribution in [0.2, 0.25) is 0 Å². The summed E-state index contributed by atoms with van der Waals surface area (Å²) in [6.45, 7) is 2.95. The summed E-state index contributed by atoms with van der Waals surface area (Å²) >= 11 is 1.38. The summed E-state index contributed by atoms with van der Waals surface area (Å²) in [6, 6.07) is 16.4. The predicted octanol–water partition coefficient (Wildman–Crippen LogP) is 4.66. The largest absolute Gasteiger partial charge is 0.497 e. The van der Waals surface area contributed by atoms with Gasteiger partial charge < -0.3 is 10.1 Å². The lowest BCUT2D eigenvalue weighted by Gasteiger charge is -2.19. The van der Waals surface area contributed by atoms with Crippen molar-refractivity contribution in [1.82, 2.24) is 10.8 Å². The standard InChI is InChI=1S/C21H24N2O3S/c1-3-4-18(22-13-14-5-9-17(26-2)10-6-14)15-7-8-16-12-20(21(24)23-25)27-19(16)11-15/h5-12,18,22,25H,3-4,13H2,1-2H3,(H,23,24). The Morgan fingerprint density at radius 1 is 1.19 bits per heavy atom. The molecule has 1 unspecified atom stereocenters. The van der Waals surface area contributed by atoms with Gasteiger partial charge in [-0.25, -0.2) is 5.48 Å². The van der Waals surface area contributed by atoms with E-state index in [1.165, 1.54) is 22.5 Å². The minimum Gasteiger partial charge on any atom is -0.497 e. The van der Waals surface area contributed by atoms with Crippen LogP contribution >= 0.6 is 11.3 Å². The van der Waals surface area contributed by atoms with Gasteiger partial charge in [0.15, 0.2) is 0 Å². The zero-order valence-electron chi connectivity index (χ0n) is 15.5. The SMILES string of the molecule is CCCC(NCc1ccc(OC)cc1)c1ccc2cc(C(=O)NO)sc2c1. The van der Waals surface area contributed by atoms with Gasteiger partial charge in [0.1, 0.15) is 5.75 Å². The number of carbonyl (C=O) groups excluding carboxylic acids is 1. The number of methoxy groups -OCH3 is 1. The minimum atomic E-state index is -0.472. The molecule has 0 spiro atoms. The summed E-state index contributed by atoms with van der Waals surface area (Å²) in [5.74, 6) is 0.384. The molecule has 3 aromatic rings. The third-order valence-corrected chi connectivity index (χ3v) is 5.66. The summed E-state index contributed by atoms with van der Waals surface area (Å²) in [5.41, 5.74) is 4.11. The molecule has 1 heterocycles. The summed E-state index contributed by atoms with van der Waals surface area (Å²) in [7, 11) is 1.67. The second kappa shape index (κ2) is 8.99. The van der Waals surface area contributed by atoms with Gasteiger partial charge in [-0.1, -0.05) is 37.6 Å². The van der Waals surface area contributed by atoms with E-state index in [2.05, 4.69) is 36.5 Å². The molecule has 142 valence electrons. The predicted molar refractivity (Wildman–Crippen MR) is 109 cm³/mol. The molecule has 0 radical (unpaired) electrons. The third-order valence-electron chi connectivity index (χ3n) is 4.56. The number of benzene rings is 2. The summed E-state index contributed by atoms with van der Waals surface area (Å²) in [4.78, 5) is 12.1. The van der Waals surface area contributed by atoms with Crippen molar-refractivity contribution in [1.29, 1.82) is 0 Å². The number of carbonyl (C=O) groups is 1. The van der Waals surface area contributed by atoms with Crippen LogP contribution in [0.15, 0.2) is 48.5 Å². The first-order valence-electron chi connectivity index (χ1n) is 8.98. The number of hydrogen-bond acceptors (Lipinski definition) is 5. The number of rotatable bonds is 8. The number of ether oxygens (including phenoxy) is 1. The molecule has 0 fully saturated rings. The van der Waals surface area contributed by atoms with E-state index < -0.39 is 5.91 Å². The van der Waals surface area contributed by atoms with Crippen molar-refractivity contribution >= 4 is 27.3 Å². The van der Waals surface area contributed by atoms with Crippen LogP contribution in [0.25, 0.3) is 10.1 Å². The molecule has 1 atom stereocenters. The van der Waals surface area contributed by atoms with Gasteiger partial charge in [0, 0.05) is 17.3 Å². The molecule has 2 aromatic carbocycles. The Hall–Kier alpha value is -2.41. The van der Waals surface area contributed by atoms with E-state index in [4.69, 9.17) is 9.94 Å². The fourth-order valence-corrected chi connectivity index (χ4v) is 4.09. The van der Waals surface area contributed by atoms with Crippen LogP contribution in [0.3, 0.4) is 0 Å². The highest BCUT2D eigenvalue weighted by Crippen LogP contribution is 2.30. The topological polar surface area (TPSA) is 70.6 Å². The smallest absolute Gasteiger partial charge is 0.284 e. The number of amides is 1. The molecule has 0 bridgehead atoms. The van der Waals surface area contributed by atoms with E-state index >= 15 is 0 Å². The van der Waals surface area contributed by atoms with Gasteiger partial charge in [-0.2, -0.15) is 0 Å². The number of fused-ring (bicyclic) bond motifs is 1. The molecule has 0 aliphatic carbocycles. The van der Waals surface area contributed by atoms with Gasteiger partial charge in [-0.3, -0.25) is 10.0 Å². The van der Waals surface area contributed by atoms with Crippen molar-refractivity contribution < 1.29 is 14.7 Å². The molecule has 5 nitrogen and oxygen atoms in total. The van der Waals surface area contributed by atoms with Gasteiger partial charge in [0.25, 0.3) is 5.91 Å². The van der Waals surface area contributed by atoms with Crippen molar-refractivity contribution in [2.75, 3.05) is 7.11 Å². The molecular weight excluding hydrogens is 360 g/mol. The van der Waals surface area contributed by atoms with Crippen LogP contribution in [0.1, 0.15) is 46.6 Å². The second-order valence-corrected chi connectivity index (χ2v) is 7.50. The summed E-state index contributed by atoms with van der Waals surface area (Å²) in [5, 5.41) is 13.5. The molecule has 27 heavy (non-hydrogen) atoms. The van der Waals surface area contributed by atoms with E-state index in [1.54, 1.807) is 18.7 Å². The van der Waals surface area contributed by atoms with Crippen LogP contribution in [0, 0.1) is 0 Å². The van der Waals surface area contributed by atoms with Gasteiger partial charge in [0.05, 0.1) is 12.0 Å². The van der Waals surface area contributed by atoms with E-state index in [0.29, 0.717) is 4.88 Å². The monoisotopic (exact) mass is 384 g/mol. The lowest BCUT2D eigenvalue weighted by molar-refractivity contribution is 0.0711. The van der Waals surface area contributed by atoms with Gasteiger partial charge >= 0.3 is 0 Å². The number of hydroxylamine groups is 1. The Balaban J connectivity index is 1.77. The van der Waals surface area contributed by atoms with Crippen LogP contribution in [0.5, 0.6) is 5.75 Å². The van der Waals surface area contributed by atoms with Crippen molar-refractivity contribution in [2.45, 2.75) is 32.4 Å². The first kappa shape index (κ1) is 19.4. The molecule has 0 saturated carbocycles. The lowest BCUT2D eigenvalue weighted by Crippen LogP contribution is -2.20. The average Bonchev–Trinajstić information content (AvgIpc) is 3.14. The second-order valence-electron chi connectivity index (χ2n) is 6.42. The number of nitrogens with one attached hydrogen (secondary N) is 2. The van der Waals surface area contributed by atoms with Gasteiger partial charge in [-0.05, 0) is 47.2 Å². The highest BCUT2D eigenvalue weighted by molar-refractivity contribution is 7.20. The van der Waals surface area contributed by atoms with Gasteiger partial charge in [0.2, 0.25) is 0 Å². The molecule has 3 N–H and O–H groups in total. The van der Waals surface area contributed by atoms with Crippen LogP contribution in [-0.2, 0) is 6.54 Å². The molecular formula is C21H24N2O3S. The number of hydrogen-bond donors (Lipinski definition) is 3. The Morgan fingerprint density at radius 2 is 1.96 bits per heavy atom. The normalized spacial score (nSPS) is 12.1. The molecule has 6 heteroatoms. The van der Waals surface area contributed by atoms with Crippen LogP contribution < -0.4 is 15.5 Å². The fraction of sp³-hybridized carbons (Fsp3) is 0.286. The van der Waals surface area contributed by atoms with Crippen molar-refractivity contribution in [3.8, 4) is 5.75 Å². The maximum absolute atomic E-state index is 11.6. The summed E-state index contributed by atoms with van der Waals surface area (Å²) < 4.78 is 6.25. The maximum atomic E-state index is 11.6. The zero-order valence-corrected chi connectivity index (χ0v) is 16.3. The molecule has 1 aromatic heterocycles. The first-order chi connectivity index (χ1) is 13.1. The molecule has 3 rings (SSSR count). The number of thiophene rings is 1.